The second kappa shape index (κ2) is 7.15. The lowest BCUT2D eigenvalue weighted by atomic mass is 10.2. The van der Waals surface area contributed by atoms with Crippen LogP contribution < -0.4 is 5.32 Å². The van der Waals surface area contributed by atoms with Crippen molar-refractivity contribution < 1.29 is 4.79 Å². The van der Waals surface area contributed by atoms with Crippen LogP contribution in [0.5, 0.6) is 0 Å². The molecule has 0 aliphatic carbocycles. The Kier molecular flexibility index (Phi) is 4.77. The Morgan fingerprint density at radius 1 is 1.30 bits per heavy atom. The Morgan fingerprint density at radius 2 is 2.22 bits per heavy atom. The summed E-state index contributed by atoms with van der Waals surface area (Å²) in [6.45, 7) is 1.83. The number of benzene rings is 1. The maximum atomic E-state index is 12.1. The Hall–Kier alpha value is -2.54. The van der Waals surface area contributed by atoms with E-state index in [4.69, 9.17) is 0 Å². The molecule has 1 N–H and O–H groups in total. The summed E-state index contributed by atoms with van der Waals surface area (Å²) < 4.78 is 1.63. The van der Waals surface area contributed by atoms with Gasteiger partial charge in [0.15, 0.2) is 5.82 Å². The van der Waals surface area contributed by atoms with E-state index in [-0.39, 0.29) is 5.91 Å². The van der Waals surface area contributed by atoms with E-state index in [1.807, 2.05) is 37.3 Å². The molecule has 0 spiro atoms. The number of carbonyl (C=O) groups excluding carboxylic acids is 1. The molecule has 0 atom stereocenters. The van der Waals surface area contributed by atoms with Crippen LogP contribution in [0.1, 0.15) is 23.5 Å². The van der Waals surface area contributed by atoms with E-state index >= 15 is 0 Å². The van der Waals surface area contributed by atoms with Gasteiger partial charge in [-0.15, -0.1) is 16.4 Å². The zero-order valence-electron chi connectivity index (χ0n) is 12.8. The second-order valence-electron chi connectivity index (χ2n) is 5.17. The predicted molar refractivity (Wildman–Crippen MR) is 89.8 cm³/mol. The molecule has 0 fully saturated rings. The highest BCUT2D eigenvalue weighted by molar-refractivity contribution is 7.09. The van der Waals surface area contributed by atoms with Gasteiger partial charge in [-0.25, -0.2) is 0 Å². The molecule has 2 aromatic heterocycles. The number of nitrogens with zero attached hydrogens (tertiary/aromatic N) is 4. The van der Waals surface area contributed by atoms with Crippen molar-refractivity contribution in [3.63, 3.8) is 0 Å². The average molecular weight is 327 g/mol. The summed E-state index contributed by atoms with van der Waals surface area (Å²) >= 11 is 1.73. The fourth-order valence-electron chi connectivity index (χ4n) is 2.29. The van der Waals surface area contributed by atoms with Crippen LogP contribution in [0.2, 0.25) is 0 Å². The summed E-state index contributed by atoms with van der Waals surface area (Å²) in [6, 6.07) is 11.6. The molecule has 1 amide bonds. The maximum absolute atomic E-state index is 12.1. The minimum Gasteiger partial charge on any atom is -0.326 e. The van der Waals surface area contributed by atoms with E-state index in [9.17, 15) is 4.79 Å². The van der Waals surface area contributed by atoms with Crippen LogP contribution in [-0.2, 0) is 11.2 Å². The third-order valence-electron chi connectivity index (χ3n) is 3.41. The van der Waals surface area contributed by atoms with Gasteiger partial charge < -0.3 is 5.32 Å². The molecule has 0 saturated heterocycles. The fourth-order valence-corrected chi connectivity index (χ4v) is 3.04. The van der Waals surface area contributed by atoms with Crippen molar-refractivity contribution in [3.8, 4) is 5.69 Å². The summed E-state index contributed by atoms with van der Waals surface area (Å²) in [5.74, 6) is 0.719. The number of aryl methyl sites for hydroxylation is 2. The first-order chi connectivity index (χ1) is 11.2. The average Bonchev–Trinajstić information content (AvgIpc) is 3.19. The number of hydrogen-bond acceptors (Lipinski definition) is 5. The van der Waals surface area contributed by atoms with Gasteiger partial charge in [-0.2, -0.15) is 4.68 Å². The molecule has 0 radical (unpaired) electrons. The fraction of sp³-hybridized carbons (Fsp3) is 0.250. The molecular formula is C16H17N5OS. The lowest BCUT2D eigenvalue weighted by Gasteiger charge is -2.07. The number of rotatable bonds is 6. The molecule has 0 bridgehead atoms. The summed E-state index contributed by atoms with van der Waals surface area (Å²) in [5, 5.41) is 16.4. The molecule has 0 unspecified atom stereocenters. The molecule has 118 valence electrons. The van der Waals surface area contributed by atoms with Crippen molar-refractivity contribution in [3.05, 3.63) is 52.5 Å². The zero-order chi connectivity index (χ0) is 16.1. The lowest BCUT2D eigenvalue weighted by molar-refractivity contribution is -0.116. The smallest absolute Gasteiger partial charge is 0.224 e. The largest absolute Gasteiger partial charge is 0.326 e. The third-order valence-corrected chi connectivity index (χ3v) is 4.34. The minimum atomic E-state index is 0.0205. The molecular weight excluding hydrogens is 310 g/mol. The number of nitrogens with one attached hydrogen (secondary N) is 1. The SMILES string of the molecule is Cc1nnnn1-c1cccc(NC(=O)CCCc2cccs2)c1. The van der Waals surface area contributed by atoms with E-state index in [0.29, 0.717) is 12.2 Å². The van der Waals surface area contributed by atoms with Gasteiger partial charge in [0.1, 0.15) is 0 Å². The molecule has 3 aromatic rings. The van der Waals surface area contributed by atoms with Crippen LogP contribution in [0.15, 0.2) is 41.8 Å². The van der Waals surface area contributed by atoms with Gasteiger partial charge in [-0.1, -0.05) is 12.1 Å². The number of anilines is 1. The van der Waals surface area contributed by atoms with Gasteiger partial charge in [-0.3, -0.25) is 4.79 Å². The van der Waals surface area contributed by atoms with Crippen molar-refractivity contribution in [2.45, 2.75) is 26.2 Å². The van der Waals surface area contributed by atoms with E-state index in [2.05, 4.69) is 32.3 Å². The highest BCUT2D eigenvalue weighted by Crippen LogP contribution is 2.16. The van der Waals surface area contributed by atoms with Crippen molar-refractivity contribution >= 4 is 22.9 Å². The normalized spacial score (nSPS) is 10.7. The maximum Gasteiger partial charge on any atom is 0.224 e. The van der Waals surface area contributed by atoms with Gasteiger partial charge in [0, 0.05) is 17.0 Å². The number of hydrogen-bond donors (Lipinski definition) is 1. The predicted octanol–water partition coefficient (Wildman–Crippen LogP) is 2.99. The Bertz CT molecular complexity index is 781. The molecule has 0 aliphatic heterocycles. The lowest BCUT2D eigenvalue weighted by Crippen LogP contribution is -2.12. The summed E-state index contributed by atoms with van der Waals surface area (Å²) in [4.78, 5) is 13.4. The van der Waals surface area contributed by atoms with Crippen LogP contribution in [0.3, 0.4) is 0 Å². The number of aromatic nitrogens is 4. The van der Waals surface area contributed by atoms with E-state index in [1.54, 1.807) is 16.0 Å². The minimum absolute atomic E-state index is 0.0205. The highest BCUT2D eigenvalue weighted by Gasteiger charge is 2.07. The first kappa shape index (κ1) is 15.4. The number of tetrazole rings is 1. The molecule has 3 rings (SSSR count). The van der Waals surface area contributed by atoms with Gasteiger partial charge >= 0.3 is 0 Å². The van der Waals surface area contributed by atoms with E-state index in [1.165, 1.54) is 4.88 Å². The monoisotopic (exact) mass is 327 g/mol. The zero-order valence-corrected chi connectivity index (χ0v) is 13.6. The standard InChI is InChI=1S/C16H17N5OS/c1-12-18-19-20-21(12)14-6-2-5-13(11-14)17-16(22)9-3-7-15-8-4-10-23-15/h2,4-6,8,10-11H,3,7,9H2,1H3,(H,17,22). The number of thiophene rings is 1. The first-order valence-corrected chi connectivity index (χ1v) is 8.28. The van der Waals surface area contributed by atoms with Crippen LogP contribution in [-0.4, -0.2) is 26.1 Å². The van der Waals surface area contributed by atoms with Crippen LogP contribution in [0.4, 0.5) is 5.69 Å². The molecule has 2 heterocycles. The van der Waals surface area contributed by atoms with E-state index in [0.717, 1.165) is 24.2 Å². The summed E-state index contributed by atoms with van der Waals surface area (Å²) in [6.07, 6.45) is 2.29. The quantitative estimate of drug-likeness (QED) is 0.755. The van der Waals surface area contributed by atoms with E-state index < -0.39 is 0 Å². The van der Waals surface area contributed by atoms with Crippen molar-refractivity contribution in [1.29, 1.82) is 0 Å². The van der Waals surface area contributed by atoms with Gasteiger partial charge in [0.2, 0.25) is 5.91 Å². The van der Waals surface area contributed by atoms with Crippen molar-refractivity contribution in [2.24, 2.45) is 0 Å². The molecule has 1 aromatic carbocycles. The third kappa shape index (κ3) is 4.01. The molecule has 0 aliphatic rings. The van der Waals surface area contributed by atoms with Gasteiger partial charge in [-0.05, 0) is 59.8 Å². The van der Waals surface area contributed by atoms with Gasteiger partial charge in [0.25, 0.3) is 0 Å². The molecule has 6 nitrogen and oxygen atoms in total. The summed E-state index contributed by atoms with van der Waals surface area (Å²) in [5.41, 5.74) is 1.57. The van der Waals surface area contributed by atoms with Crippen LogP contribution in [0.25, 0.3) is 5.69 Å². The van der Waals surface area contributed by atoms with Crippen molar-refractivity contribution in [1.82, 2.24) is 20.2 Å². The number of amides is 1. The highest BCUT2D eigenvalue weighted by atomic mass is 32.1. The second-order valence-corrected chi connectivity index (χ2v) is 6.20. The first-order valence-electron chi connectivity index (χ1n) is 7.40. The van der Waals surface area contributed by atoms with Crippen LogP contribution in [0, 0.1) is 6.92 Å². The Labute approximate surface area is 138 Å². The summed E-state index contributed by atoms with van der Waals surface area (Å²) in [7, 11) is 0. The van der Waals surface area contributed by atoms with Crippen LogP contribution >= 0.6 is 11.3 Å². The Morgan fingerprint density at radius 3 is 2.96 bits per heavy atom. The number of carbonyl (C=O) groups is 1. The van der Waals surface area contributed by atoms with Crippen molar-refractivity contribution in [2.75, 3.05) is 5.32 Å². The molecule has 0 saturated carbocycles. The van der Waals surface area contributed by atoms with Gasteiger partial charge in [0.05, 0.1) is 5.69 Å². The molecule has 23 heavy (non-hydrogen) atoms. The topological polar surface area (TPSA) is 72.7 Å². The molecule has 7 heteroatoms. The Balaban J connectivity index is 1.57.